The quantitative estimate of drug-likeness (QED) is 0.564. The second kappa shape index (κ2) is 7.13. The summed E-state index contributed by atoms with van der Waals surface area (Å²) in [4.78, 5) is 12.2. The lowest BCUT2D eigenvalue weighted by atomic mass is 10.0. The fourth-order valence-electron chi connectivity index (χ4n) is 2.46. The van der Waals surface area contributed by atoms with Gasteiger partial charge in [0.15, 0.2) is 0 Å². The van der Waals surface area contributed by atoms with Crippen LogP contribution < -0.4 is 5.43 Å². The summed E-state index contributed by atoms with van der Waals surface area (Å²) in [6.45, 7) is 6.13. The molecule has 0 atom stereocenters. The number of nitrogens with one attached hydrogen (secondary N) is 2. The molecule has 0 saturated carbocycles. The Morgan fingerprint density at radius 3 is 2.68 bits per heavy atom. The van der Waals surface area contributed by atoms with E-state index in [0.29, 0.717) is 5.69 Å². The highest BCUT2D eigenvalue weighted by atomic mass is 16.2. The highest BCUT2D eigenvalue weighted by Gasteiger charge is 2.10. The number of rotatable bonds is 4. The van der Waals surface area contributed by atoms with E-state index < -0.39 is 0 Å². The van der Waals surface area contributed by atoms with Crippen molar-refractivity contribution in [2.75, 3.05) is 0 Å². The number of amides is 1. The lowest BCUT2D eigenvalue weighted by molar-refractivity contribution is 0.0950. The summed E-state index contributed by atoms with van der Waals surface area (Å²) in [6, 6.07) is 15.7. The van der Waals surface area contributed by atoms with Crippen LogP contribution in [0.3, 0.4) is 0 Å². The molecule has 126 valence electrons. The van der Waals surface area contributed by atoms with E-state index in [4.69, 9.17) is 0 Å². The van der Waals surface area contributed by atoms with Gasteiger partial charge in [-0.1, -0.05) is 42.0 Å². The molecule has 2 aromatic carbocycles. The molecule has 2 N–H and O–H groups in total. The Balaban J connectivity index is 1.69. The number of hydrogen-bond donors (Lipinski definition) is 2. The maximum absolute atomic E-state index is 12.2. The van der Waals surface area contributed by atoms with Crippen LogP contribution in [-0.2, 0) is 0 Å². The fourth-order valence-corrected chi connectivity index (χ4v) is 2.46. The number of carbonyl (C=O) groups excluding carboxylic acids is 1. The van der Waals surface area contributed by atoms with Crippen molar-refractivity contribution >= 4 is 12.1 Å². The molecule has 5 nitrogen and oxygen atoms in total. The highest BCUT2D eigenvalue weighted by Crippen LogP contribution is 2.20. The van der Waals surface area contributed by atoms with E-state index in [2.05, 4.69) is 40.6 Å². The van der Waals surface area contributed by atoms with Gasteiger partial charge in [0.05, 0.1) is 11.9 Å². The lowest BCUT2D eigenvalue weighted by Gasteiger charge is -2.01. The smallest absolute Gasteiger partial charge is 0.272 e. The van der Waals surface area contributed by atoms with Gasteiger partial charge in [-0.15, -0.1) is 0 Å². The first kappa shape index (κ1) is 16.6. The van der Waals surface area contributed by atoms with Gasteiger partial charge in [-0.2, -0.15) is 10.2 Å². The number of aryl methyl sites for hydroxylation is 3. The summed E-state index contributed by atoms with van der Waals surface area (Å²) in [7, 11) is 0. The summed E-state index contributed by atoms with van der Waals surface area (Å²) < 4.78 is 0. The van der Waals surface area contributed by atoms with Crippen LogP contribution in [0.2, 0.25) is 0 Å². The van der Waals surface area contributed by atoms with E-state index in [0.717, 1.165) is 22.4 Å². The van der Waals surface area contributed by atoms with Crippen molar-refractivity contribution in [3.05, 3.63) is 76.5 Å². The third kappa shape index (κ3) is 4.01. The number of nitrogens with zero attached hydrogens (tertiary/aromatic N) is 2. The van der Waals surface area contributed by atoms with Crippen molar-refractivity contribution in [1.29, 1.82) is 0 Å². The number of hydrogen-bond acceptors (Lipinski definition) is 3. The SMILES string of the molecule is Cc1cccc(/C=N/NC(=O)c2cc(-c3ccc(C)c(C)c3)n[nH]2)c1. The van der Waals surface area contributed by atoms with Crippen LogP contribution in [0.15, 0.2) is 53.6 Å². The molecule has 0 aliphatic heterocycles. The minimum atomic E-state index is -0.327. The largest absolute Gasteiger partial charge is 0.289 e. The van der Waals surface area contributed by atoms with Crippen molar-refractivity contribution < 1.29 is 4.79 Å². The predicted molar refractivity (Wildman–Crippen MR) is 99.7 cm³/mol. The van der Waals surface area contributed by atoms with Gasteiger partial charge in [0, 0.05) is 5.56 Å². The van der Waals surface area contributed by atoms with Crippen molar-refractivity contribution in [3.63, 3.8) is 0 Å². The van der Waals surface area contributed by atoms with E-state index in [9.17, 15) is 4.79 Å². The number of hydrazone groups is 1. The summed E-state index contributed by atoms with van der Waals surface area (Å²) in [6.07, 6.45) is 1.62. The number of aromatic amines is 1. The number of H-pyrrole nitrogens is 1. The normalized spacial score (nSPS) is 11.0. The Kier molecular flexibility index (Phi) is 4.75. The van der Waals surface area contributed by atoms with Gasteiger partial charge >= 0.3 is 0 Å². The third-order valence-corrected chi connectivity index (χ3v) is 4.05. The van der Waals surface area contributed by atoms with Gasteiger partial charge in [0.25, 0.3) is 5.91 Å². The van der Waals surface area contributed by atoms with Crippen LogP contribution in [0.5, 0.6) is 0 Å². The van der Waals surface area contributed by atoms with Crippen molar-refractivity contribution in [2.45, 2.75) is 20.8 Å². The molecule has 0 unspecified atom stereocenters. The Morgan fingerprint density at radius 1 is 1.08 bits per heavy atom. The van der Waals surface area contributed by atoms with Gasteiger partial charge in [-0.05, 0) is 49.6 Å². The van der Waals surface area contributed by atoms with Gasteiger partial charge in [0.1, 0.15) is 5.69 Å². The summed E-state index contributed by atoms with van der Waals surface area (Å²) in [5, 5.41) is 11.0. The first-order chi connectivity index (χ1) is 12.0. The Morgan fingerprint density at radius 2 is 1.92 bits per heavy atom. The van der Waals surface area contributed by atoms with Gasteiger partial charge in [0.2, 0.25) is 0 Å². The number of aromatic nitrogens is 2. The molecule has 25 heavy (non-hydrogen) atoms. The van der Waals surface area contributed by atoms with E-state index in [1.54, 1.807) is 12.3 Å². The molecule has 0 aliphatic rings. The zero-order valence-electron chi connectivity index (χ0n) is 14.5. The van der Waals surface area contributed by atoms with Crippen LogP contribution in [0.25, 0.3) is 11.3 Å². The van der Waals surface area contributed by atoms with Gasteiger partial charge in [-0.25, -0.2) is 5.43 Å². The summed E-state index contributed by atoms with van der Waals surface area (Å²) >= 11 is 0. The molecule has 1 amide bonds. The molecule has 0 saturated heterocycles. The van der Waals surface area contributed by atoms with Crippen LogP contribution in [0.1, 0.15) is 32.7 Å². The maximum Gasteiger partial charge on any atom is 0.289 e. The second-order valence-corrected chi connectivity index (χ2v) is 6.08. The molecule has 3 rings (SSSR count). The standard InChI is InChI=1S/C20H20N4O/c1-13-5-4-6-16(9-13)12-21-24-20(25)19-11-18(22-23-19)17-8-7-14(2)15(3)10-17/h4-12H,1-3H3,(H,22,23)(H,24,25)/b21-12+. The molecule has 0 spiro atoms. The van der Waals surface area contributed by atoms with Crippen LogP contribution >= 0.6 is 0 Å². The Hall–Kier alpha value is -3.21. The minimum Gasteiger partial charge on any atom is -0.272 e. The first-order valence-electron chi connectivity index (χ1n) is 8.06. The van der Waals surface area contributed by atoms with E-state index >= 15 is 0 Å². The molecular weight excluding hydrogens is 312 g/mol. The predicted octanol–water partition coefficient (Wildman–Crippen LogP) is 3.77. The summed E-state index contributed by atoms with van der Waals surface area (Å²) in [5.41, 5.74) is 9.07. The fraction of sp³-hybridized carbons (Fsp3) is 0.150. The topological polar surface area (TPSA) is 70.1 Å². The average molecular weight is 332 g/mol. The van der Waals surface area contributed by atoms with Gasteiger partial charge < -0.3 is 0 Å². The molecule has 5 heteroatoms. The zero-order chi connectivity index (χ0) is 17.8. The third-order valence-electron chi connectivity index (χ3n) is 4.05. The number of carbonyl (C=O) groups is 1. The molecule has 0 aliphatic carbocycles. The van der Waals surface area contributed by atoms with Crippen LogP contribution in [0, 0.1) is 20.8 Å². The monoisotopic (exact) mass is 332 g/mol. The van der Waals surface area contributed by atoms with Crippen LogP contribution in [-0.4, -0.2) is 22.3 Å². The Bertz CT molecular complexity index is 940. The lowest BCUT2D eigenvalue weighted by Crippen LogP contribution is -2.18. The molecule has 0 fully saturated rings. The molecule has 3 aromatic rings. The van der Waals surface area contributed by atoms with Gasteiger partial charge in [-0.3, -0.25) is 9.89 Å². The first-order valence-corrected chi connectivity index (χ1v) is 8.06. The maximum atomic E-state index is 12.2. The molecular formula is C20H20N4O. The zero-order valence-corrected chi connectivity index (χ0v) is 14.5. The molecule has 1 heterocycles. The Labute approximate surface area is 146 Å². The minimum absolute atomic E-state index is 0.327. The second-order valence-electron chi connectivity index (χ2n) is 6.08. The molecule has 1 aromatic heterocycles. The van der Waals surface area contributed by atoms with E-state index in [-0.39, 0.29) is 5.91 Å². The average Bonchev–Trinajstić information content (AvgIpc) is 3.07. The van der Waals surface area contributed by atoms with Crippen molar-refractivity contribution in [1.82, 2.24) is 15.6 Å². The van der Waals surface area contributed by atoms with Crippen LogP contribution in [0.4, 0.5) is 0 Å². The van der Waals surface area contributed by atoms with E-state index in [1.807, 2.05) is 43.3 Å². The highest BCUT2D eigenvalue weighted by molar-refractivity contribution is 5.94. The van der Waals surface area contributed by atoms with Crippen molar-refractivity contribution in [3.8, 4) is 11.3 Å². The molecule has 0 bridgehead atoms. The number of benzene rings is 2. The summed E-state index contributed by atoms with van der Waals surface area (Å²) in [5.74, 6) is -0.327. The van der Waals surface area contributed by atoms with Crippen molar-refractivity contribution in [2.24, 2.45) is 5.10 Å². The van der Waals surface area contributed by atoms with E-state index in [1.165, 1.54) is 11.1 Å². The molecule has 0 radical (unpaired) electrons.